The van der Waals surface area contributed by atoms with Crippen LogP contribution in [0, 0.1) is 13.8 Å². The van der Waals surface area contributed by atoms with E-state index in [0.717, 1.165) is 0 Å². The van der Waals surface area contributed by atoms with E-state index < -0.39 is 79.6 Å². The molecule has 4 unspecified atom stereocenters. The van der Waals surface area contributed by atoms with Crippen molar-refractivity contribution in [2.75, 3.05) is 0 Å². The number of carbonyl (C=O) groups excluding carboxylic acids is 4. The van der Waals surface area contributed by atoms with Gasteiger partial charge in [-0.15, -0.1) is 0 Å². The first-order valence-corrected chi connectivity index (χ1v) is 15.8. The van der Waals surface area contributed by atoms with E-state index in [9.17, 15) is 36.0 Å². The van der Waals surface area contributed by atoms with Crippen molar-refractivity contribution in [1.82, 2.24) is 10.6 Å². The second-order valence-corrected chi connectivity index (χ2v) is 13.7. The predicted molar refractivity (Wildman–Crippen MR) is 141 cm³/mol. The maximum atomic E-state index is 12.8. The minimum atomic E-state index is -4.04. The van der Waals surface area contributed by atoms with Gasteiger partial charge in [0.25, 0.3) is 11.1 Å². The molecule has 4 rings (SSSR count). The topological polar surface area (TPSA) is 198 Å². The van der Waals surface area contributed by atoms with Crippen LogP contribution in [0.3, 0.4) is 0 Å². The van der Waals surface area contributed by atoms with E-state index in [1.807, 2.05) is 0 Å². The van der Waals surface area contributed by atoms with Crippen molar-refractivity contribution in [2.24, 2.45) is 0 Å². The van der Waals surface area contributed by atoms with Gasteiger partial charge in [0.15, 0.2) is 0 Å². The molecule has 2 aromatic carbocycles. The summed E-state index contributed by atoms with van der Waals surface area (Å²) >= 11 is 0. The molecule has 2 N–H and O–H groups in total. The van der Waals surface area contributed by atoms with Crippen LogP contribution in [0.5, 0.6) is 0 Å². The number of hydrogen-bond donors (Lipinski definition) is 2. The summed E-state index contributed by atoms with van der Waals surface area (Å²) in [6.07, 6.45) is -1.26. The highest BCUT2D eigenvalue weighted by atomic mass is 32.2. The fraction of sp³-hybridized carbons (Fsp3) is 0.385. The zero-order valence-electron chi connectivity index (χ0n) is 22.5. The lowest BCUT2D eigenvalue weighted by atomic mass is 10.2. The van der Waals surface area contributed by atoms with Crippen LogP contribution in [0.2, 0.25) is 0 Å². The molecule has 2 aliphatic rings. The van der Waals surface area contributed by atoms with Gasteiger partial charge in [-0.3, -0.25) is 20.2 Å². The maximum absolute atomic E-state index is 12.8. The smallest absolute Gasteiger partial charge is 0.355 e. The fourth-order valence-corrected chi connectivity index (χ4v) is 7.01. The number of rotatable bonds is 10. The molecular weight excluding hydrogens is 596 g/mol. The third-order valence-corrected chi connectivity index (χ3v) is 9.81. The van der Waals surface area contributed by atoms with Crippen molar-refractivity contribution in [3.8, 4) is 0 Å². The summed E-state index contributed by atoms with van der Waals surface area (Å²) in [5, 5.41) is 5.07. The molecule has 14 nitrogen and oxygen atoms in total. The quantitative estimate of drug-likeness (QED) is 0.213. The average molecular weight is 625 g/mol. The van der Waals surface area contributed by atoms with Gasteiger partial charge in [0, 0.05) is 0 Å². The Morgan fingerprint density at radius 2 is 1.10 bits per heavy atom. The van der Waals surface area contributed by atoms with Gasteiger partial charge in [-0.25, -0.2) is 36.2 Å². The second kappa shape index (κ2) is 12.6. The molecule has 16 heteroatoms. The van der Waals surface area contributed by atoms with Gasteiger partial charge in [-0.1, -0.05) is 24.3 Å². The molecule has 2 aromatic rings. The van der Waals surface area contributed by atoms with Crippen LogP contribution in [0.15, 0.2) is 58.3 Å². The molecule has 0 aromatic heterocycles. The number of nitrogens with one attached hydrogen (secondary N) is 2. The Bertz CT molecular complexity index is 1490. The standard InChI is InChI=1S/C26H28N2O12S2/c1-15-5-3-7-17(13-15)41(33,34)25-27-19(23(31)37-25)9-11-21(29)39-40-22(30)12-10-20-24(32)38-26(28-20)42(35,36)18-8-4-6-16(2)14-18/h3-8,13-14,19-20,25-28H,9-12H2,1-2H3. The van der Waals surface area contributed by atoms with Crippen LogP contribution in [0.4, 0.5) is 0 Å². The van der Waals surface area contributed by atoms with Gasteiger partial charge in [0.2, 0.25) is 19.7 Å². The fourth-order valence-electron chi connectivity index (χ4n) is 4.15. The summed E-state index contributed by atoms with van der Waals surface area (Å²) in [4.78, 5) is 57.2. The van der Waals surface area contributed by atoms with Crippen molar-refractivity contribution in [2.45, 2.75) is 72.5 Å². The number of ether oxygens (including phenoxy) is 2. The largest absolute Gasteiger partial charge is 0.430 e. The molecule has 0 amide bonds. The van der Waals surface area contributed by atoms with Crippen molar-refractivity contribution in [3.63, 3.8) is 0 Å². The lowest BCUT2D eigenvalue weighted by Gasteiger charge is -2.12. The number of aryl methyl sites for hydroxylation is 2. The Morgan fingerprint density at radius 3 is 1.45 bits per heavy atom. The van der Waals surface area contributed by atoms with Gasteiger partial charge in [0.05, 0.1) is 22.6 Å². The second-order valence-electron chi connectivity index (χ2n) is 9.69. The van der Waals surface area contributed by atoms with E-state index >= 15 is 0 Å². The van der Waals surface area contributed by atoms with Crippen molar-refractivity contribution < 1.29 is 55.3 Å². The van der Waals surface area contributed by atoms with Gasteiger partial charge >= 0.3 is 23.9 Å². The third-order valence-electron chi connectivity index (χ3n) is 6.39. The first-order chi connectivity index (χ1) is 19.8. The predicted octanol–water partition coefficient (Wildman–Crippen LogP) is 0.710. The summed E-state index contributed by atoms with van der Waals surface area (Å²) < 4.78 is 61.0. The Balaban J connectivity index is 1.19. The monoisotopic (exact) mass is 624 g/mol. The van der Waals surface area contributed by atoms with Crippen LogP contribution in [0.1, 0.15) is 36.8 Å². The summed E-state index contributed by atoms with van der Waals surface area (Å²) in [6.45, 7) is 3.42. The van der Waals surface area contributed by atoms with Crippen molar-refractivity contribution >= 4 is 43.6 Å². The van der Waals surface area contributed by atoms with Crippen LogP contribution in [0.25, 0.3) is 0 Å². The van der Waals surface area contributed by atoms with E-state index in [1.165, 1.54) is 24.3 Å². The molecule has 2 aliphatic heterocycles. The molecule has 0 saturated carbocycles. The number of cyclic esters (lactones) is 2. The van der Waals surface area contributed by atoms with Gasteiger partial charge in [-0.2, -0.15) is 0 Å². The molecule has 4 atom stereocenters. The molecule has 0 bridgehead atoms. The van der Waals surface area contributed by atoms with E-state index in [2.05, 4.69) is 20.4 Å². The molecule has 0 radical (unpaired) electrons. The van der Waals surface area contributed by atoms with Crippen molar-refractivity contribution in [1.29, 1.82) is 0 Å². The summed E-state index contributed by atoms with van der Waals surface area (Å²) in [5.41, 5.74) is -1.87. The number of hydrogen-bond acceptors (Lipinski definition) is 14. The summed E-state index contributed by atoms with van der Waals surface area (Å²) in [5.74, 6) is -3.80. The SMILES string of the molecule is Cc1cccc(S(=O)(=O)C2NC(CCC(=O)OOC(=O)CCC3NC(S(=O)(=O)c4cccc(C)c4)OC3=O)C(=O)O2)c1. The van der Waals surface area contributed by atoms with Gasteiger partial charge in [-0.05, 0) is 62.1 Å². The van der Waals surface area contributed by atoms with E-state index in [1.54, 1.807) is 38.1 Å². The molecule has 2 saturated heterocycles. The first-order valence-electron chi connectivity index (χ1n) is 12.7. The minimum Gasteiger partial charge on any atom is -0.430 e. The Kier molecular flexibility index (Phi) is 9.30. The zero-order valence-corrected chi connectivity index (χ0v) is 24.1. The highest BCUT2D eigenvalue weighted by molar-refractivity contribution is 7.92. The number of sulfone groups is 2. The molecule has 0 spiro atoms. The Labute approximate surface area is 241 Å². The van der Waals surface area contributed by atoms with Crippen LogP contribution in [-0.2, 0) is 58.1 Å². The normalized spacial score (nSPS) is 22.3. The number of carbonyl (C=O) groups is 4. The minimum absolute atomic E-state index is 0.0377. The first kappa shape index (κ1) is 31.1. The van der Waals surface area contributed by atoms with Crippen molar-refractivity contribution in [3.05, 3.63) is 59.7 Å². The molecule has 226 valence electrons. The number of benzene rings is 2. The van der Waals surface area contributed by atoms with E-state index in [-0.39, 0.29) is 22.6 Å². The molecule has 2 fully saturated rings. The summed E-state index contributed by atoms with van der Waals surface area (Å²) in [6, 6.07) is 9.89. The average Bonchev–Trinajstić information content (AvgIpc) is 3.52. The van der Waals surface area contributed by atoms with E-state index in [4.69, 9.17) is 9.47 Å². The highest BCUT2D eigenvalue weighted by Crippen LogP contribution is 2.24. The highest BCUT2D eigenvalue weighted by Gasteiger charge is 2.43. The van der Waals surface area contributed by atoms with Gasteiger partial charge < -0.3 is 9.47 Å². The lowest BCUT2D eigenvalue weighted by molar-refractivity contribution is -0.259. The van der Waals surface area contributed by atoms with E-state index in [0.29, 0.717) is 11.1 Å². The molecule has 0 aliphatic carbocycles. The van der Waals surface area contributed by atoms with Crippen LogP contribution < -0.4 is 10.6 Å². The summed E-state index contributed by atoms with van der Waals surface area (Å²) in [7, 11) is -8.09. The lowest BCUT2D eigenvalue weighted by Crippen LogP contribution is -2.37. The molecule has 42 heavy (non-hydrogen) atoms. The Hall–Kier alpha value is -3.86. The zero-order chi connectivity index (χ0) is 30.7. The molecular formula is C26H28N2O12S2. The maximum Gasteiger partial charge on any atom is 0.355 e. The Morgan fingerprint density at radius 1 is 0.714 bits per heavy atom. The van der Waals surface area contributed by atoms with Crippen LogP contribution >= 0.6 is 0 Å². The van der Waals surface area contributed by atoms with Crippen LogP contribution in [-0.4, -0.2) is 63.9 Å². The number of esters is 2. The molecule has 2 heterocycles. The van der Waals surface area contributed by atoms with Gasteiger partial charge in [0.1, 0.15) is 12.1 Å². The third kappa shape index (κ3) is 7.13.